The Morgan fingerprint density at radius 1 is 1.25 bits per heavy atom. The second-order valence-electron chi connectivity index (χ2n) is 6.23. The monoisotopic (exact) mass is 326 g/mol. The second-order valence-corrected chi connectivity index (χ2v) is 6.23. The standard InChI is InChI=1S/C19H22N2O3/c1-13-5-10-17(18(22)20-13)19(23)21-11-3-4-15(21)12-14-6-8-16(24-2)9-7-14/h5-10,15H,3-4,11-12H2,1-2H3,(H,20,22)/t15-/m0/s1. The fraction of sp³-hybridized carbons (Fsp3) is 0.368. The molecule has 1 saturated heterocycles. The number of aromatic nitrogens is 1. The number of carbonyl (C=O) groups is 1. The minimum atomic E-state index is -0.310. The van der Waals surface area contributed by atoms with Gasteiger partial charge in [-0.25, -0.2) is 0 Å². The summed E-state index contributed by atoms with van der Waals surface area (Å²) in [6.07, 6.45) is 2.72. The van der Waals surface area contributed by atoms with Crippen LogP contribution in [0.3, 0.4) is 0 Å². The van der Waals surface area contributed by atoms with Gasteiger partial charge in [-0.15, -0.1) is 0 Å². The lowest BCUT2D eigenvalue weighted by atomic mass is 10.0. The van der Waals surface area contributed by atoms with Crippen LogP contribution in [0, 0.1) is 6.92 Å². The van der Waals surface area contributed by atoms with Crippen LogP contribution in [0.4, 0.5) is 0 Å². The second kappa shape index (κ2) is 6.91. The molecule has 1 fully saturated rings. The summed E-state index contributed by atoms with van der Waals surface area (Å²) in [6, 6.07) is 11.4. The highest BCUT2D eigenvalue weighted by molar-refractivity contribution is 5.94. The van der Waals surface area contributed by atoms with E-state index < -0.39 is 0 Å². The Bertz CT molecular complexity index is 780. The summed E-state index contributed by atoms with van der Waals surface area (Å²) >= 11 is 0. The Labute approximate surface area is 141 Å². The molecule has 1 aromatic carbocycles. The van der Waals surface area contributed by atoms with Crippen LogP contribution in [0.5, 0.6) is 5.75 Å². The van der Waals surface area contributed by atoms with Crippen molar-refractivity contribution in [3.63, 3.8) is 0 Å². The molecule has 24 heavy (non-hydrogen) atoms. The van der Waals surface area contributed by atoms with Crippen LogP contribution in [0.15, 0.2) is 41.2 Å². The molecule has 0 unspecified atom stereocenters. The number of hydrogen-bond acceptors (Lipinski definition) is 3. The van der Waals surface area contributed by atoms with Crippen molar-refractivity contribution in [1.29, 1.82) is 0 Å². The molecule has 1 N–H and O–H groups in total. The fourth-order valence-electron chi connectivity index (χ4n) is 3.24. The van der Waals surface area contributed by atoms with E-state index in [1.54, 1.807) is 26.2 Å². The Balaban J connectivity index is 1.76. The van der Waals surface area contributed by atoms with Crippen LogP contribution < -0.4 is 10.3 Å². The topological polar surface area (TPSA) is 62.4 Å². The quantitative estimate of drug-likeness (QED) is 0.939. The zero-order valence-corrected chi connectivity index (χ0v) is 14.0. The number of rotatable bonds is 4. The molecule has 0 aliphatic carbocycles. The molecule has 1 aliphatic rings. The van der Waals surface area contributed by atoms with Crippen LogP contribution in [-0.4, -0.2) is 35.5 Å². The van der Waals surface area contributed by atoms with Gasteiger partial charge in [0.2, 0.25) is 0 Å². The highest BCUT2D eigenvalue weighted by atomic mass is 16.5. The number of carbonyl (C=O) groups excluding carboxylic acids is 1. The van der Waals surface area contributed by atoms with Crippen molar-refractivity contribution in [3.8, 4) is 5.75 Å². The summed E-state index contributed by atoms with van der Waals surface area (Å²) in [4.78, 5) is 29.4. The van der Waals surface area contributed by atoms with Gasteiger partial charge in [-0.1, -0.05) is 12.1 Å². The van der Waals surface area contributed by atoms with E-state index in [0.29, 0.717) is 6.54 Å². The van der Waals surface area contributed by atoms with E-state index in [2.05, 4.69) is 4.98 Å². The number of amides is 1. The van der Waals surface area contributed by atoms with Crippen molar-refractivity contribution in [3.05, 3.63) is 63.6 Å². The van der Waals surface area contributed by atoms with Crippen LogP contribution in [0.2, 0.25) is 0 Å². The van der Waals surface area contributed by atoms with Crippen LogP contribution in [-0.2, 0) is 6.42 Å². The lowest BCUT2D eigenvalue weighted by Gasteiger charge is -2.24. The van der Waals surface area contributed by atoms with E-state index in [1.807, 2.05) is 29.2 Å². The summed E-state index contributed by atoms with van der Waals surface area (Å²) < 4.78 is 5.18. The van der Waals surface area contributed by atoms with Crippen molar-refractivity contribution in [2.24, 2.45) is 0 Å². The third kappa shape index (κ3) is 3.35. The molecular weight excluding hydrogens is 304 g/mol. The van der Waals surface area contributed by atoms with Crippen LogP contribution in [0.25, 0.3) is 0 Å². The summed E-state index contributed by atoms with van der Waals surface area (Å²) in [7, 11) is 1.64. The Hall–Kier alpha value is -2.56. The normalized spacial score (nSPS) is 17.1. The predicted molar refractivity (Wildman–Crippen MR) is 92.6 cm³/mol. The number of aryl methyl sites for hydroxylation is 1. The van der Waals surface area contributed by atoms with Crippen molar-refractivity contribution < 1.29 is 9.53 Å². The summed E-state index contributed by atoms with van der Waals surface area (Å²) in [5, 5.41) is 0. The van der Waals surface area contributed by atoms with E-state index in [1.165, 1.54) is 5.56 Å². The number of methoxy groups -OCH3 is 1. The van der Waals surface area contributed by atoms with E-state index >= 15 is 0 Å². The molecule has 126 valence electrons. The largest absolute Gasteiger partial charge is 0.497 e. The number of hydrogen-bond donors (Lipinski definition) is 1. The molecule has 2 heterocycles. The molecule has 0 saturated carbocycles. The van der Waals surface area contributed by atoms with Gasteiger partial charge in [-0.05, 0) is 56.0 Å². The lowest BCUT2D eigenvalue weighted by molar-refractivity contribution is 0.0734. The fourth-order valence-corrected chi connectivity index (χ4v) is 3.24. The Morgan fingerprint density at radius 2 is 2.00 bits per heavy atom. The number of pyridine rings is 1. The van der Waals surface area contributed by atoms with Gasteiger partial charge in [-0.3, -0.25) is 9.59 Å². The van der Waals surface area contributed by atoms with Crippen molar-refractivity contribution in [1.82, 2.24) is 9.88 Å². The van der Waals surface area contributed by atoms with Gasteiger partial charge < -0.3 is 14.6 Å². The average molecular weight is 326 g/mol. The molecule has 2 aromatic rings. The minimum absolute atomic E-state index is 0.131. The van der Waals surface area contributed by atoms with Gasteiger partial charge >= 0.3 is 0 Å². The Kier molecular flexibility index (Phi) is 4.69. The number of aromatic amines is 1. The van der Waals surface area contributed by atoms with Gasteiger partial charge in [0.1, 0.15) is 11.3 Å². The number of nitrogens with zero attached hydrogens (tertiary/aromatic N) is 1. The third-order valence-corrected chi connectivity index (χ3v) is 4.55. The molecular formula is C19H22N2O3. The predicted octanol–water partition coefficient (Wildman–Crippen LogP) is 2.54. The van der Waals surface area contributed by atoms with Gasteiger partial charge in [0, 0.05) is 18.3 Å². The van der Waals surface area contributed by atoms with Crippen molar-refractivity contribution >= 4 is 5.91 Å². The number of nitrogens with one attached hydrogen (secondary N) is 1. The van der Waals surface area contributed by atoms with Gasteiger partial charge in [0.25, 0.3) is 11.5 Å². The molecule has 0 spiro atoms. The number of benzene rings is 1. The molecule has 5 nitrogen and oxygen atoms in total. The van der Waals surface area contributed by atoms with Crippen molar-refractivity contribution in [2.75, 3.05) is 13.7 Å². The first-order chi connectivity index (χ1) is 11.6. The third-order valence-electron chi connectivity index (χ3n) is 4.55. The van der Waals surface area contributed by atoms with Crippen LogP contribution in [0.1, 0.15) is 34.5 Å². The first-order valence-corrected chi connectivity index (χ1v) is 8.22. The lowest BCUT2D eigenvalue weighted by Crippen LogP contribution is -2.39. The summed E-state index contributed by atoms with van der Waals surface area (Å²) in [5.41, 5.74) is 1.84. The van der Waals surface area contributed by atoms with Gasteiger partial charge in [0.15, 0.2) is 0 Å². The molecule has 5 heteroatoms. The first-order valence-electron chi connectivity index (χ1n) is 8.22. The zero-order chi connectivity index (χ0) is 17.1. The van der Waals surface area contributed by atoms with E-state index in [0.717, 1.165) is 30.7 Å². The maximum Gasteiger partial charge on any atom is 0.260 e. The summed E-state index contributed by atoms with van der Waals surface area (Å²) in [5.74, 6) is 0.650. The molecule has 1 aromatic heterocycles. The SMILES string of the molecule is COc1ccc(C[C@@H]2CCCN2C(=O)c2ccc(C)[nH]c2=O)cc1. The Morgan fingerprint density at radius 3 is 2.67 bits per heavy atom. The van der Waals surface area contributed by atoms with E-state index in [-0.39, 0.29) is 23.1 Å². The molecule has 3 rings (SSSR count). The molecule has 1 aliphatic heterocycles. The number of likely N-dealkylation sites (tertiary alicyclic amines) is 1. The maximum absolute atomic E-state index is 12.8. The first kappa shape index (κ1) is 16.3. The molecule has 0 radical (unpaired) electrons. The van der Waals surface area contributed by atoms with Gasteiger partial charge in [0.05, 0.1) is 7.11 Å². The molecule has 1 amide bonds. The highest BCUT2D eigenvalue weighted by Crippen LogP contribution is 2.23. The molecule has 1 atom stereocenters. The van der Waals surface area contributed by atoms with E-state index in [4.69, 9.17) is 4.74 Å². The average Bonchev–Trinajstić information content (AvgIpc) is 3.03. The maximum atomic E-state index is 12.8. The number of ether oxygens (including phenoxy) is 1. The minimum Gasteiger partial charge on any atom is -0.497 e. The van der Waals surface area contributed by atoms with E-state index in [9.17, 15) is 9.59 Å². The summed E-state index contributed by atoms with van der Waals surface area (Å²) in [6.45, 7) is 2.50. The molecule has 0 bridgehead atoms. The van der Waals surface area contributed by atoms with Crippen LogP contribution >= 0.6 is 0 Å². The van der Waals surface area contributed by atoms with Gasteiger partial charge in [-0.2, -0.15) is 0 Å². The van der Waals surface area contributed by atoms with Crippen molar-refractivity contribution in [2.45, 2.75) is 32.2 Å². The zero-order valence-electron chi connectivity index (χ0n) is 14.0. The smallest absolute Gasteiger partial charge is 0.260 e. The highest BCUT2D eigenvalue weighted by Gasteiger charge is 2.30. The number of H-pyrrole nitrogens is 1.